The van der Waals surface area contributed by atoms with E-state index in [1.54, 1.807) is 31.2 Å². The molecule has 8 nitrogen and oxygen atoms in total. The number of halogens is 2. The predicted octanol–water partition coefficient (Wildman–Crippen LogP) is 5.39. The first kappa shape index (κ1) is 33.4. The van der Waals surface area contributed by atoms with E-state index in [-0.39, 0.29) is 24.9 Å². The van der Waals surface area contributed by atoms with Crippen LogP contribution in [0.15, 0.2) is 66.7 Å². The number of benzene rings is 3. The second-order valence-electron chi connectivity index (χ2n) is 10.7. The molecule has 1 atom stereocenters. The number of carbonyl (C=O) groups excluding carboxylic acids is 2. The van der Waals surface area contributed by atoms with Gasteiger partial charge in [0.05, 0.1) is 5.69 Å². The first-order valence-corrected chi connectivity index (χ1v) is 15.7. The number of carbonyl (C=O) groups is 2. The smallest absolute Gasteiger partial charge is 0.304 e. The number of anilines is 1. The zero-order valence-corrected chi connectivity index (χ0v) is 27.1. The SMILES string of the molecule is Cc1ccc(C)c(N(CC(=O)N(Cc2ccc(Cl)cc2Cl)C(Cc2ccccc2)C(=O)NC(C)C)S(=O)(=O)N(C)C)c1. The number of hydrogen-bond acceptors (Lipinski definition) is 4. The van der Waals surface area contributed by atoms with Gasteiger partial charge in [-0.15, -0.1) is 0 Å². The van der Waals surface area contributed by atoms with E-state index in [0.717, 1.165) is 19.7 Å². The van der Waals surface area contributed by atoms with Gasteiger partial charge in [-0.25, -0.2) is 4.31 Å². The lowest BCUT2D eigenvalue weighted by atomic mass is 10.0. The van der Waals surface area contributed by atoms with Crippen LogP contribution in [-0.2, 0) is 32.8 Å². The van der Waals surface area contributed by atoms with Crippen molar-refractivity contribution in [2.45, 2.75) is 52.7 Å². The summed E-state index contributed by atoms with van der Waals surface area (Å²) in [4.78, 5) is 29.4. The molecule has 0 radical (unpaired) electrons. The topological polar surface area (TPSA) is 90.0 Å². The van der Waals surface area contributed by atoms with Gasteiger partial charge in [0.25, 0.3) is 0 Å². The highest BCUT2D eigenvalue weighted by Crippen LogP contribution is 2.28. The lowest BCUT2D eigenvalue weighted by Gasteiger charge is -2.35. The van der Waals surface area contributed by atoms with Gasteiger partial charge >= 0.3 is 10.2 Å². The summed E-state index contributed by atoms with van der Waals surface area (Å²) in [6.07, 6.45) is 0.209. The minimum atomic E-state index is -4.10. The maximum atomic E-state index is 14.3. The molecule has 0 bridgehead atoms. The summed E-state index contributed by atoms with van der Waals surface area (Å²) < 4.78 is 29.4. The lowest BCUT2D eigenvalue weighted by molar-refractivity contribution is -0.140. The lowest BCUT2D eigenvalue weighted by Crippen LogP contribution is -2.55. The van der Waals surface area contributed by atoms with Crippen molar-refractivity contribution in [1.29, 1.82) is 0 Å². The van der Waals surface area contributed by atoms with E-state index in [9.17, 15) is 18.0 Å². The van der Waals surface area contributed by atoms with Crippen molar-refractivity contribution in [3.63, 3.8) is 0 Å². The Bertz CT molecular complexity index is 1510. The van der Waals surface area contributed by atoms with Crippen molar-refractivity contribution in [1.82, 2.24) is 14.5 Å². The van der Waals surface area contributed by atoms with Gasteiger partial charge in [-0.3, -0.25) is 9.59 Å². The molecule has 2 amide bonds. The second-order valence-corrected chi connectivity index (χ2v) is 13.6. The normalized spacial score (nSPS) is 12.3. The van der Waals surface area contributed by atoms with Crippen LogP contribution in [0.25, 0.3) is 0 Å². The van der Waals surface area contributed by atoms with E-state index in [0.29, 0.717) is 26.9 Å². The molecule has 3 rings (SSSR count). The molecule has 0 aliphatic carbocycles. The Hall–Kier alpha value is -3.11. The van der Waals surface area contributed by atoms with Gasteiger partial charge in [0.15, 0.2) is 0 Å². The molecule has 0 fully saturated rings. The molecule has 0 heterocycles. The average Bonchev–Trinajstić information content (AvgIpc) is 2.91. The predicted molar refractivity (Wildman–Crippen MR) is 170 cm³/mol. The zero-order chi connectivity index (χ0) is 31.2. The number of nitrogens with one attached hydrogen (secondary N) is 1. The minimum Gasteiger partial charge on any atom is -0.352 e. The molecule has 3 aromatic rings. The molecule has 1 N–H and O–H groups in total. The van der Waals surface area contributed by atoms with Crippen molar-refractivity contribution >= 4 is 50.9 Å². The van der Waals surface area contributed by atoms with Crippen LogP contribution in [0.2, 0.25) is 10.0 Å². The highest BCUT2D eigenvalue weighted by molar-refractivity contribution is 7.90. The van der Waals surface area contributed by atoms with Crippen LogP contribution in [0.4, 0.5) is 5.69 Å². The van der Waals surface area contributed by atoms with Gasteiger partial charge in [0.2, 0.25) is 11.8 Å². The Labute approximate surface area is 259 Å². The maximum Gasteiger partial charge on any atom is 0.304 e. The summed E-state index contributed by atoms with van der Waals surface area (Å²) in [7, 11) is -1.27. The number of amides is 2. The molecule has 0 spiro atoms. The largest absolute Gasteiger partial charge is 0.352 e. The molecular formula is C31H38Cl2N4O4S. The summed E-state index contributed by atoms with van der Waals surface area (Å²) in [5, 5.41) is 3.69. The summed E-state index contributed by atoms with van der Waals surface area (Å²) in [6.45, 7) is 6.75. The molecule has 0 saturated heterocycles. The van der Waals surface area contributed by atoms with Gasteiger partial charge in [0.1, 0.15) is 12.6 Å². The molecule has 0 aromatic heterocycles. The fraction of sp³-hybridized carbons (Fsp3) is 0.355. The molecule has 11 heteroatoms. The van der Waals surface area contributed by atoms with E-state index in [2.05, 4.69) is 5.32 Å². The molecule has 0 saturated carbocycles. The van der Waals surface area contributed by atoms with E-state index in [1.165, 1.54) is 19.0 Å². The molecule has 0 aliphatic heterocycles. The monoisotopic (exact) mass is 632 g/mol. The number of rotatable bonds is 12. The van der Waals surface area contributed by atoms with Gasteiger partial charge < -0.3 is 10.2 Å². The molecular weight excluding hydrogens is 595 g/mol. The third-order valence-corrected chi connectivity index (χ3v) is 9.10. The summed E-state index contributed by atoms with van der Waals surface area (Å²) in [6, 6.07) is 18.6. The summed E-state index contributed by atoms with van der Waals surface area (Å²) in [5.74, 6) is -0.923. The highest BCUT2D eigenvalue weighted by Gasteiger charge is 2.35. The first-order valence-electron chi connectivity index (χ1n) is 13.6. The Kier molecular flexibility index (Phi) is 11.4. The number of hydrogen-bond donors (Lipinski definition) is 1. The first-order chi connectivity index (χ1) is 19.7. The van der Waals surface area contributed by atoms with Crippen LogP contribution >= 0.6 is 23.2 Å². The van der Waals surface area contributed by atoms with Crippen LogP contribution < -0.4 is 9.62 Å². The van der Waals surface area contributed by atoms with Gasteiger partial charge in [0, 0.05) is 43.1 Å². The fourth-order valence-electron chi connectivity index (χ4n) is 4.46. The van der Waals surface area contributed by atoms with Crippen LogP contribution in [0, 0.1) is 13.8 Å². The third-order valence-electron chi connectivity index (χ3n) is 6.71. The number of nitrogens with zero attached hydrogens (tertiary/aromatic N) is 3. The third kappa shape index (κ3) is 8.47. The standard InChI is InChI=1S/C31H38Cl2N4O4S/c1-21(2)34-31(39)29(17-24-10-8-7-9-11-24)36(19-25-14-15-26(32)18-27(25)33)30(38)20-37(42(40,41)35(5)6)28-16-22(3)12-13-23(28)4/h7-16,18,21,29H,17,19-20H2,1-6H3,(H,34,39). The molecule has 42 heavy (non-hydrogen) atoms. The van der Waals surface area contributed by atoms with Crippen molar-refractivity contribution in [2.75, 3.05) is 24.9 Å². The van der Waals surface area contributed by atoms with E-state index in [4.69, 9.17) is 23.2 Å². The Morgan fingerprint density at radius 2 is 1.60 bits per heavy atom. The second kappa shape index (κ2) is 14.4. The molecule has 1 unspecified atom stereocenters. The van der Waals surface area contributed by atoms with Gasteiger partial charge in [-0.1, -0.05) is 71.7 Å². The van der Waals surface area contributed by atoms with E-state index >= 15 is 0 Å². The van der Waals surface area contributed by atoms with Crippen molar-refractivity contribution in [3.8, 4) is 0 Å². The van der Waals surface area contributed by atoms with E-state index in [1.807, 2.05) is 63.2 Å². The van der Waals surface area contributed by atoms with Crippen molar-refractivity contribution < 1.29 is 18.0 Å². The van der Waals surface area contributed by atoms with E-state index < -0.39 is 28.7 Å². The highest BCUT2D eigenvalue weighted by atomic mass is 35.5. The van der Waals surface area contributed by atoms with Crippen LogP contribution in [-0.4, -0.2) is 62.2 Å². The van der Waals surface area contributed by atoms with Crippen LogP contribution in [0.1, 0.15) is 36.1 Å². The van der Waals surface area contributed by atoms with Crippen molar-refractivity contribution in [2.24, 2.45) is 0 Å². The van der Waals surface area contributed by atoms with Crippen LogP contribution in [0.3, 0.4) is 0 Å². The Morgan fingerprint density at radius 3 is 2.19 bits per heavy atom. The molecule has 0 aliphatic rings. The minimum absolute atomic E-state index is 0.0412. The summed E-state index contributed by atoms with van der Waals surface area (Å²) in [5.41, 5.74) is 3.31. The fourth-order valence-corrected chi connectivity index (χ4v) is 6.04. The van der Waals surface area contributed by atoms with Crippen molar-refractivity contribution in [3.05, 3.63) is 99.0 Å². The van der Waals surface area contributed by atoms with Gasteiger partial charge in [-0.05, 0) is 68.1 Å². The van der Waals surface area contributed by atoms with Gasteiger partial charge in [-0.2, -0.15) is 12.7 Å². The average molecular weight is 634 g/mol. The Morgan fingerprint density at radius 1 is 0.929 bits per heavy atom. The maximum absolute atomic E-state index is 14.3. The summed E-state index contributed by atoms with van der Waals surface area (Å²) >= 11 is 12.7. The van der Waals surface area contributed by atoms with Crippen LogP contribution in [0.5, 0.6) is 0 Å². The molecule has 226 valence electrons. The zero-order valence-electron chi connectivity index (χ0n) is 24.8. The number of aryl methyl sites for hydroxylation is 2. The quantitative estimate of drug-likeness (QED) is 0.290. The Balaban J connectivity index is 2.16. The molecule has 3 aromatic carbocycles.